The number of nitrogens with one attached hydrogen (secondary N) is 2. The van der Waals surface area contributed by atoms with Crippen molar-refractivity contribution in [3.8, 4) is 0 Å². The summed E-state index contributed by atoms with van der Waals surface area (Å²) in [6.07, 6.45) is 0. The van der Waals surface area contributed by atoms with Crippen LogP contribution in [-0.4, -0.2) is 12.5 Å². The monoisotopic (exact) mass is 370 g/mol. The van der Waals surface area contributed by atoms with Crippen LogP contribution in [0.1, 0.15) is 0 Å². The van der Waals surface area contributed by atoms with E-state index in [9.17, 15) is 13.6 Å². The van der Waals surface area contributed by atoms with Crippen molar-refractivity contribution in [1.82, 2.24) is 0 Å². The standard InChI is InChI=1S/C20H16F2N2OS/c21-14-10-11-17(16(22)12-14)24-20(25)13-23-18-8-4-5-9-19(18)26-15-6-2-1-3-7-15/h1-12,23H,13H2,(H,24,25). The smallest absolute Gasteiger partial charge is 0.243 e. The van der Waals surface area contributed by atoms with Crippen molar-refractivity contribution in [1.29, 1.82) is 0 Å². The van der Waals surface area contributed by atoms with Crippen LogP contribution in [0.2, 0.25) is 0 Å². The fraction of sp³-hybridized carbons (Fsp3) is 0.0500. The second kappa shape index (κ2) is 8.49. The highest BCUT2D eigenvalue weighted by molar-refractivity contribution is 7.99. The maximum atomic E-state index is 13.6. The zero-order valence-corrected chi connectivity index (χ0v) is 14.5. The Labute approximate surface area is 154 Å². The Bertz CT molecular complexity index is 903. The van der Waals surface area contributed by atoms with Crippen LogP contribution in [0.3, 0.4) is 0 Å². The number of hydrogen-bond acceptors (Lipinski definition) is 3. The molecule has 6 heteroatoms. The molecule has 0 bridgehead atoms. The largest absolute Gasteiger partial charge is 0.375 e. The number of carbonyl (C=O) groups is 1. The molecule has 3 nitrogen and oxygen atoms in total. The molecule has 0 fully saturated rings. The van der Waals surface area contributed by atoms with E-state index in [1.807, 2.05) is 54.6 Å². The third kappa shape index (κ3) is 4.83. The van der Waals surface area contributed by atoms with E-state index >= 15 is 0 Å². The third-order valence-corrected chi connectivity index (χ3v) is 4.59. The third-order valence-electron chi connectivity index (χ3n) is 3.50. The summed E-state index contributed by atoms with van der Waals surface area (Å²) >= 11 is 1.58. The van der Waals surface area contributed by atoms with E-state index in [1.54, 1.807) is 11.8 Å². The topological polar surface area (TPSA) is 41.1 Å². The Morgan fingerprint density at radius 3 is 2.38 bits per heavy atom. The molecule has 2 N–H and O–H groups in total. The van der Waals surface area contributed by atoms with Gasteiger partial charge in [0, 0.05) is 21.5 Å². The van der Waals surface area contributed by atoms with Gasteiger partial charge in [0.25, 0.3) is 0 Å². The first-order chi connectivity index (χ1) is 12.6. The molecule has 0 unspecified atom stereocenters. The van der Waals surface area contributed by atoms with Gasteiger partial charge < -0.3 is 10.6 Å². The van der Waals surface area contributed by atoms with Crippen LogP contribution < -0.4 is 10.6 Å². The summed E-state index contributed by atoms with van der Waals surface area (Å²) in [4.78, 5) is 14.1. The van der Waals surface area contributed by atoms with Crippen molar-refractivity contribution in [2.24, 2.45) is 0 Å². The van der Waals surface area contributed by atoms with Crippen LogP contribution in [0.25, 0.3) is 0 Å². The molecule has 3 aromatic rings. The Kier molecular flexibility index (Phi) is 5.86. The van der Waals surface area contributed by atoms with Gasteiger partial charge in [0.05, 0.1) is 12.2 Å². The van der Waals surface area contributed by atoms with Gasteiger partial charge in [-0.25, -0.2) is 8.78 Å². The zero-order chi connectivity index (χ0) is 18.4. The van der Waals surface area contributed by atoms with Crippen molar-refractivity contribution in [3.05, 3.63) is 84.4 Å². The van der Waals surface area contributed by atoms with Gasteiger partial charge in [0.15, 0.2) is 0 Å². The molecule has 132 valence electrons. The molecule has 3 rings (SSSR count). The summed E-state index contributed by atoms with van der Waals surface area (Å²) in [5.41, 5.74) is 0.751. The Morgan fingerprint density at radius 2 is 1.62 bits per heavy atom. The Morgan fingerprint density at radius 1 is 0.885 bits per heavy atom. The molecule has 0 spiro atoms. The van der Waals surface area contributed by atoms with Crippen LogP contribution in [0.4, 0.5) is 20.2 Å². The van der Waals surface area contributed by atoms with Crippen molar-refractivity contribution < 1.29 is 13.6 Å². The number of hydrogen-bond donors (Lipinski definition) is 2. The second-order valence-electron chi connectivity index (χ2n) is 5.44. The Balaban J connectivity index is 1.63. The van der Waals surface area contributed by atoms with Gasteiger partial charge in [0.1, 0.15) is 11.6 Å². The lowest BCUT2D eigenvalue weighted by molar-refractivity contribution is -0.114. The first-order valence-corrected chi connectivity index (χ1v) is 8.74. The maximum absolute atomic E-state index is 13.6. The predicted octanol–water partition coefficient (Wildman–Crippen LogP) is 5.17. The van der Waals surface area contributed by atoms with Crippen LogP contribution >= 0.6 is 11.8 Å². The highest BCUT2D eigenvalue weighted by Crippen LogP contribution is 2.33. The van der Waals surface area contributed by atoms with E-state index < -0.39 is 17.5 Å². The lowest BCUT2D eigenvalue weighted by Gasteiger charge is -2.12. The molecular formula is C20H16F2N2OS. The molecule has 0 aliphatic carbocycles. The Hall–Kier alpha value is -2.86. The average molecular weight is 370 g/mol. The molecule has 0 saturated carbocycles. The van der Waals surface area contributed by atoms with E-state index in [2.05, 4.69) is 10.6 Å². The molecule has 0 atom stereocenters. The van der Waals surface area contributed by atoms with E-state index in [0.29, 0.717) is 0 Å². The molecule has 0 aromatic heterocycles. The minimum Gasteiger partial charge on any atom is -0.375 e. The average Bonchev–Trinajstić information content (AvgIpc) is 2.64. The van der Waals surface area contributed by atoms with Gasteiger partial charge in [-0.1, -0.05) is 42.1 Å². The molecule has 0 aliphatic rings. The first-order valence-electron chi connectivity index (χ1n) is 7.92. The normalized spacial score (nSPS) is 10.4. The van der Waals surface area contributed by atoms with Crippen molar-refractivity contribution in [3.63, 3.8) is 0 Å². The minimum atomic E-state index is -0.807. The molecular weight excluding hydrogens is 354 g/mol. The van der Waals surface area contributed by atoms with Crippen molar-refractivity contribution in [2.75, 3.05) is 17.2 Å². The van der Waals surface area contributed by atoms with E-state index in [4.69, 9.17) is 0 Å². The number of halogens is 2. The predicted molar refractivity (Wildman–Crippen MR) is 100 cm³/mol. The lowest BCUT2D eigenvalue weighted by atomic mass is 10.3. The minimum absolute atomic E-state index is 0.0385. The molecule has 3 aromatic carbocycles. The van der Waals surface area contributed by atoms with Gasteiger partial charge in [0.2, 0.25) is 5.91 Å². The maximum Gasteiger partial charge on any atom is 0.243 e. The molecule has 0 heterocycles. The van der Waals surface area contributed by atoms with Gasteiger partial charge in [-0.3, -0.25) is 4.79 Å². The van der Waals surface area contributed by atoms with Gasteiger partial charge in [-0.2, -0.15) is 0 Å². The van der Waals surface area contributed by atoms with E-state index in [1.165, 1.54) is 6.07 Å². The zero-order valence-electron chi connectivity index (χ0n) is 13.7. The molecule has 26 heavy (non-hydrogen) atoms. The SMILES string of the molecule is O=C(CNc1ccccc1Sc1ccccc1)Nc1ccc(F)cc1F. The van der Waals surface area contributed by atoms with Gasteiger partial charge >= 0.3 is 0 Å². The summed E-state index contributed by atoms with van der Waals surface area (Å²) < 4.78 is 26.5. The summed E-state index contributed by atoms with van der Waals surface area (Å²) in [5.74, 6) is -1.92. The van der Waals surface area contributed by atoms with Gasteiger partial charge in [-0.05, 0) is 36.4 Å². The molecule has 0 aliphatic heterocycles. The number of amides is 1. The van der Waals surface area contributed by atoms with E-state index in [0.717, 1.165) is 27.6 Å². The number of anilines is 2. The number of benzene rings is 3. The van der Waals surface area contributed by atoms with Crippen LogP contribution in [-0.2, 0) is 4.79 Å². The van der Waals surface area contributed by atoms with Crippen molar-refractivity contribution >= 4 is 29.0 Å². The van der Waals surface area contributed by atoms with Crippen molar-refractivity contribution in [2.45, 2.75) is 9.79 Å². The highest BCUT2D eigenvalue weighted by atomic mass is 32.2. The first kappa shape index (κ1) is 17.9. The quantitative estimate of drug-likeness (QED) is 0.629. The molecule has 1 amide bonds. The summed E-state index contributed by atoms with van der Waals surface area (Å²) in [7, 11) is 0. The molecule has 0 saturated heterocycles. The van der Waals surface area contributed by atoms with Crippen LogP contribution in [0.15, 0.2) is 82.6 Å². The second-order valence-corrected chi connectivity index (χ2v) is 6.55. The summed E-state index contributed by atoms with van der Waals surface area (Å²) in [5, 5.41) is 5.48. The number of para-hydroxylation sites is 1. The fourth-order valence-electron chi connectivity index (χ4n) is 2.28. The van der Waals surface area contributed by atoms with Crippen LogP contribution in [0, 0.1) is 11.6 Å². The fourth-order valence-corrected chi connectivity index (χ4v) is 3.22. The number of rotatable bonds is 6. The number of carbonyl (C=O) groups excluding carboxylic acids is 1. The molecule has 0 radical (unpaired) electrons. The van der Waals surface area contributed by atoms with Crippen LogP contribution in [0.5, 0.6) is 0 Å². The van der Waals surface area contributed by atoms with Gasteiger partial charge in [-0.15, -0.1) is 0 Å². The lowest BCUT2D eigenvalue weighted by Crippen LogP contribution is -2.22. The van der Waals surface area contributed by atoms with E-state index in [-0.39, 0.29) is 12.2 Å². The summed E-state index contributed by atoms with van der Waals surface area (Å²) in [6, 6.07) is 20.5. The summed E-state index contributed by atoms with van der Waals surface area (Å²) in [6.45, 7) is -0.0385. The highest BCUT2D eigenvalue weighted by Gasteiger charge is 2.09.